The highest BCUT2D eigenvalue weighted by Gasteiger charge is 2.07. The minimum absolute atomic E-state index is 0.144. The van der Waals surface area contributed by atoms with Gasteiger partial charge < -0.3 is 9.84 Å². The molecule has 2 aromatic carbocycles. The lowest BCUT2D eigenvalue weighted by Gasteiger charge is -2.09. The minimum Gasteiger partial charge on any atom is -0.508 e. The Hall–Kier alpha value is -2.53. The summed E-state index contributed by atoms with van der Waals surface area (Å²) in [7, 11) is 0. The van der Waals surface area contributed by atoms with Crippen LogP contribution >= 0.6 is 11.6 Å². The van der Waals surface area contributed by atoms with Crippen LogP contribution in [0.3, 0.4) is 0 Å². The van der Waals surface area contributed by atoms with E-state index in [0.29, 0.717) is 16.5 Å². The second-order valence-electron chi connectivity index (χ2n) is 5.44. The Kier molecular flexibility index (Phi) is 5.82. The largest absolute Gasteiger partial charge is 0.508 e. The van der Waals surface area contributed by atoms with Gasteiger partial charge in [0.25, 0.3) is 5.91 Å². The molecule has 0 radical (unpaired) electrons. The van der Waals surface area contributed by atoms with E-state index in [1.54, 1.807) is 43.3 Å². The average molecular weight is 347 g/mol. The third kappa shape index (κ3) is 4.73. The van der Waals surface area contributed by atoms with E-state index in [1.165, 1.54) is 0 Å². The fourth-order valence-electron chi connectivity index (χ4n) is 2.11. The van der Waals surface area contributed by atoms with Crippen LogP contribution in [0.2, 0.25) is 5.02 Å². The average Bonchev–Trinajstić information content (AvgIpc) is 2.55. The van der Waals surface area contributed by atoms with Crippen molar-refractivity contribution in [2.75, 3.05) is 6.61 Å². The van der Waals surface area contributed by atoms with Crippen LogP contribution in [0, 0.1) is 13.8 Å². The first-order valence-corrected chi connectivity index (χ1v) is 7.76. The standard InChI is InChI=1S/C18H19ClN2O3/c1-11-7-16(8-12(2)18(11)19)24-10-17(23)21-20-13(3)14-5-4-6-15(22)9-14/h4-9,22H,10H2,1-3H3,(H,21,23)/b20-13-. The Bertz CT molecular complexity index is 765. The van der Waals surface area contributed by atoms with E-state index in [9.17, 15) is 9.90 Å². The molecule has 2 aromatic rings. The first-order chi connectivity index (χ1) is 11.4. The molecule has 24 heavy (non-hydrogen) atoms. The van der Waals surface area contributed by atoms with E-state index in [1.807, 2.05) is 13.8 Å². The summed E-state index contributed by atoms with van der Waals surface area (Å²) >= 11 is 6.10. The summed E-state index contributed by atoms with van der Waals surface area (Å²) in [4.78, 5) is 11.8. The van der Waals surface area contributed by atoms with E-state index >= 15 is 0 Å². The monoisotopic (exact) mass is 346 g/mol. The second kappa shape index (κ2) is 7.84. The Labute approximate surface area is 145 Å². The number of aryl methyl sites for hydroxylation is 2. The third-order valence-corrected chi connectivity index (χ3v) is 3.99. The maximum Gasteiger partial charge on any atom is 0.277 e. The van der Waals surface area contributed by atoms with Gasteiger partial charge in [0, 0.05) is 10.6 Å². The number of hydrogen-bond acceptors (Lipinski definition) is 4. The topological polar surface area (TPSA) is 70.9 Å². The summed E-state index contributed by atoms with van der Waals surface area (Å²) in [6.07, 6.45) is 0. The van der Waals surface area contributed by atoms with Gasteiger partial charge in [-0.1, -0.05) is 23.7 Å². The van der Waals surface area contributed by atoms with Crippen molar-refractivity contribution in [1.82, 2.24) is 5.43 Å². The number of carbonyl (C=O) groups excluding carboxylic acids is 1. The fraction of sp³-hybridized carbons (Fsp3) is 0.222. The minimum atomic E-state index is -0.375. The van der Waals surface area contributed by atoms with Gasteiger partial charge in [-0.2, -0.15) is 5.10 Å². The predicted octanol–water partition coefficient (Wildman–Crippen LogP) is 3.58. The van der Waals surface area contributed by atoms with Crippen molar-refractivity contribution in [2.24, 2.45) is 5.10 Å². The molecule has 0 unspecified atom stereocenters. The lowest BCUT2D eigenvalue weighted by molar-refractivity contribution is -0.123. The molecule has 0 aliphatic heterocycles. The zero-order valence-electron chi connectivity index (χ0n) is 13.8. The first kappa shape index (κ1) is 17.8. The molecule has 6 heteroatoms. The second-order valence-corrected chi connectivity index (χ2v) is 5.82. The van der Waals surface area contributed by atoms with Gasteiger partial charge in [0.15, 0.2) is 6.61 Å². The van der Waals surface area contributed by atoms with E-state index in [4.69, 9.17) is 16.3 Å². The number of nitrogens with zero attached hydrogens (tertiary/aromatic N) is 1. The summed E-state index contributed by atoms with van der Waals surface area (Å²) in [5, 5.41) is 14.1. The molecule has 5 nitrogen and oxygen atoms in total. The SMILES string of the molecule is C/C(=N/NC(=O)COc1cc(C)c(Cl)c(C)c1)c1cccc(O)c1. The molecule has 0 spiro atoms. The maximum atomic E-state index is 11.8. The maximum absolute atomic E-state index is 11.8. The highest BCUT2D eigenvalue weighted by Crippen LogP contribution is 2.25. The highest BCUT2D eigenvalue weighted by atomic mass is 35.5. The molecule has 0 heterocycles. The summed E-state index contributed by atoms with van der Waals surface area (Å²) in [6, 6.07) is 10.2. The van der Waals surface area contributed by atoms with Crippen LogP contribution in [0.5, 0.6) is 11.5 Å². The smallest absolute Gasteiger partial charge is 0.277 e. The van der Waals surface area contributed by atoms with Crippen molar-refractivity contribution in [3.8, 4) is 11.5 Å². The highest BCUT2D eigenvalue weighted by molar-refractivity contribution is 6.32. The molecular weight excluding hydrogens is 328 g/mol. The van der Waals surface area contributed by atoms with Gasteiger partial charge in [-0.15, -0.1) is 0 Å². The van der Waals surface area contributed by atoms with Crippen LogP contribution < -0.4 is 10.2 Å². The van der Waals surface area contributed by atoms with E-state index in [2.05, 4.69) is 10.5 Å². The van der Waals surface area contributed by atoms with Crippen molar-refractivity contribution in [1.29, 1.82) is 0 Å². The van der Waals surface area contributed by atoms with Crippen LogP contribution in [0.15, 0.2) is 41.5 Å². The predicted molar refractivity (Wildman–Crippen MR) is 94.9 cm³/mol. The van der Waals surface area contributed by atoms with Crippen molar-refractivity contribution < 1.29 is 14.6 Å². The molecular formula is C18H19ClN2O3. The fourth-order valence-corrected chi connectivity index (χ4v) is 2.22. The van der Waals surface area contributed by atoms with Gasteiger partial charge in [0.1, 0.15) is 11.5 Å². The van der Waals surface area contributed by atoms with Crippen molar-refractivity contribution in [3.05, 3.63) is 58.1 Å². The first-order valence-electron chi connectivity index (χ1n) is 7.39. The number of phenols is 1. The number of halogens is 1. The number of benzene rings is 2. The molecule has 0 bridgehead atoms. The number of carbonyl (C=O) groups is 1. The Morgan fingerprint density at radius 1 is 1.25 bits per heavy atom. The van der Waals surface area contributed by atoms with E-state index in [0.717, 1.165) is 16.7 Å². The third-order valence-electron chi connectivity index (χ3n) is 3.39. The van der Waals surface area contributed by atoms with E-state index in [-0.39, 0.29) is 18.3 Å². The van der Waals surface area contributed by atoms with Gasteiger partial charge >= 0.3 is 0 Å². The Morgan fingerprint density at radius 3 is 2.54 bits per heavy atom. The van der Waals surface area contributed by atoms with Crippen LogP contribution in [0.1, 0.15) is 23.6 Å². The number of ether oxygens (including phenoxy) is 1. The number of aromatic hydroxyl groups is 1. The number of hydrogen-bond donors (Lipinski definition) is 2. The number of nitrogens with one attached hydrogen (secondary N) is 1. The zero-order valence-corrected chi connectivity index (χ0v) is 14.5. The van der Waals surface area contributed by atoms with Crippen molar-refractivity contribution in [2.45, 2.75) is 20.8 Å². The molecule has 0 aromatic heterocycles. The Balaban J connectivity index is 1.93. The van der Waals surface area contributed by atoms with Gasteiger partial charge in [-0.3, -0.25) is 4.79 Å². The van der Waals surface area contributed by atoms with Gasteiger partial charge in [0.2, 0.25) is 0 Å². The van der Waals surface area contributed by atoms with Gasteiger partial charge in [0.05, 0.1) is 5.71 Å². The van der Waals surface area contributed by atoms with Gasteiger partial charge in [-0.25, -0.2) is 5.43 Å². The van der Waals surface area contributed by atoms with Gasteiger partial charge in [-0.05, 0) is 56.2 Å². The molecule has 2 rings (SSSR count). The molecule has 0 saturated heterocycles. The summed E-state index contributed by atoms with van der Waals surface area (Å²) in [5.74, 6) is 0.350. The van der Waals surface area contributed by atoms with E-state index < -0.39 is 0 Å². The Morgan fingerprint density at radius 2 is 1.92 bits per heavy atom. The number of amides is 1. The van der Waals surface area contributed by atoms with Crippen LogP contribution in [-0.4, -0.2) is 23.3 Å². The quantitative estimate of drug-likeness (QED) is 0.642. The van der Waals surface area contributed by atoms with Crippen LogP contribution in [0.4, 0.5) is 0 Å². The molecule has 0 aliphatic rings. The lowest BCUT2D eigenvalue weighted by Crippen LogP contribution is -2.25. The summed E-state index contributed by atoms with van der Waals surface area (Å²) in [6.45, 7) is 5.34. The number of hydrazone groups is 1. The molecule has 126 valence electrons. The number of phenolic OH excluding ortho intramolecular Hbond substituents is 1. The molecule has 2 N–H and O–H groups in total. The molecule has 0 aliphatic carbocycles. The molecule has 0 fully saturated rings. The molecule has 0 saturated carbocycles. The van der Waals surface area contributed by atoms with Crippen molar-refractivity contribution >= 4 is 23.2 Å². The summed E-state index contributed by atoms with van der Waals surface area (Å²) < 4.78 is 5.46. The lowest BCUT2D eigenvalue weighted by atomic mass is 10.1. The van der Waals surface area contributed by atoms with Crippen LogP contribution in [0.25, 0.3) is 0 Å². The summed E-state index contributed by atoms with van der Waals surface area (Å²) in [5.41, 5.74) is 5.52. The van der Waals surface area contributed by atoms with Crippen molar-refractivity contribution in [3.63, 3.8) is 0 Å². The normalized spacial score (nSPS) is 11.2. The zero-order chi connectivity index (χ0) is 17.7. The molecule has 1 amide bonds. The molecule has 0 atom stereocenters. The van der Waals surface area contributed by atoms with Crippen LogP contribution in [-0.2, 0) is 4.79 Å². The number of rotatable bonds is 5.